The number of fused-ring (bicyclic) bond motifs is 1. The summed E-state index contributed by atoms with van der Waals surface area (Å²) in [7, 11) is 0. The predicted octanol–water partition coefficient (Wildman–Crippen LogP) is 3.58. The first kappa shape index (κ1) is 13.6. The Labute approximate surface area is 120 Å². The summed E-state index contributed by atoms with van der Waals surface area (Å²) in [6.07, 6.45) is 7.59. The molecule has 0 bridgehead atoms. The molecule has 1 saturated heterocycles. The molecule has 1 atom stereocenters. The van der Waals surface area contributed by atoms with Crippen molar-refractivity contribution >= 4 is 11.5 Å². The monoisotopic (exact) mass is 273 g/mol. The summed E-state index contributed by atoms with van der Waals surface area (Å²) in [4.78, 5) is 12.2. The molecule has 0 amide bonds. The van der Waals surface area contributed by atoms with Crippen LogP contribution in [0.1, 0.15) is 54.4 Å². The molecular formula is C17H23NO2. The quantitative estimate of drug-likeness (QED) is 0.833. The number of carbonyl (C=O) groups is 1. The molecule has 108 valence electrons. The first-order valence-electron chi connectivity index (χ1n) is 7.84. The second-order valence-electron chi connectivity index (χ2n) is 5.85. The number of ketones is 1. The Morgan fingerprint density at radius 1 is 1.35 bits per heavy atom. The van der Waals surface area contributed by atoms with Crippen LogP contribution in [-0.4, -0.2) is 25.0 Å². The Balaban J connectivity index is 1.53. The van der Waals surface area contributed by atoms with Gasteiger partial charge in [0, 0.05) is 30.8 Å². The van der Waals surface area contributed by atoms with E-state index >= 15 is 0 Å². The Morgan fingerprint density at radius 3 is 3.15 bits per heavy atom. The van der Waals surface area contributed by atoms with Crippen molar-refractivity contribution in [2.45, 2.75) is 51.0 Å². The molecule has 1 unspecified atom stereocenters. The number of rotatable bonds is 5. The topological polar surface area (TPSA) is 38.3 Å². The zero-order valence-electron chi connectivity index (χ0n) is 12.0. The number of hydrogen-bond donors (Lipinski definition) is 1. The van der Waals surface area contributed by atoms with Crippen LogP contribution in [0, 0.1) is 0 Å². The lowest BCUT2D eigenvalue weighted by Gasteiger charge is -2.18. The molecular weight excluding hydrogens is 250 g/mol. The van der Waals surface area contributed by atoms with Crippen molar-refractivity contribution in [1.29, 1.82) is 0 Å². The Bertz CT molecular complexity index is 478. The summed E-state index contributed by atoms with van der Waals surface area (Å²) in [5.41, 5.74) is 3.37. The molecule has 0 radical (unpaired) electrons. The molecule has 0 aromatic heterocycles. The van der Waals surface area contributed by atoms with Gasteiger partial charge in [0.05, 0.1) is 6.10 Å². The van der Waals surface area contributed by atoms with E-state index in [1.807, 2.05) is 6.07 Å². The number of nitrogens with one attached hydrogen (secondary N) is 1. The molecule has 2 aliphatic rings. The minimum atomic E-state index is 0.274. The van der Waals surface area contributed by atoms with E-state index in [0.717, 1.165) is 44.4 Å². The van der Waals surface area contributed by atoms with Crippen molar-refractivity contribution < 1.29 is 9.53 Å². The maximum atomic E-state index is 12.2. The largest absolute Gasteiger partial charge is 0.385 e. The number of aryl methyl sites for hydroxylation is 1. The Hall–Kier alpha value is -1.35. The van der Waals surface area contributed by atoms with Gasteiger partial charge in [-0.2, -0.15) is 0 Å². The number of Topliss-reactive ketones (excluding diaryl/α,β-unsaturated/α-hetero) is 1. The first-order chi connectivity index (χ1) is 9.83. The first-order valence-corrected chi connectivity index (χ1v) is 7.84. The lowest BCUT2D eigenvalue weighted by molar-refractivity contribution is 0.0922. The maximum Gasteiger partial charge on any atom is 0.162 e. The molecule has 2 aliphatic heterocycles. The van der Waals surface area contributed by atoms with E-state index in [9.17, 15) is 4.79 Å². The normalized spacial score (nSPS) is 21.3. The van der Waals surface area contributed by atoms with Crippen LogP contribution < -0.4 is 5.32 Å². The zero-order valence-corrected chi connectivity index (χ0v) is 12.0. The van der Waals surface area contributed by atoms with Crippen LogP contribution in [0.2, 0.25) is 0 Å². The van der Waals surface area contributed by atoms with E-state index in [4.69, 9.17) is 4.74 Å². The highest BCUT2D eigenvalue weighted by Crippen LogP contribution is 2.24. The van der Waals surface area contributed by atoms with E-state index in [2.05, 4.69) is 17.4 Å². The molecule has 1 aromatic rings. The van der Waals surface area contributed by atoms with Gasteiger partial charge in [-0.15, -0.1) is 0 Å². The van der Waals surface area contributed by atoms with Crippen molar-refractivity contribution in [1.82, 2.24) is 0 Å². The van der Waals surface area contributed by atoms with Crippen molar-refractivity contribution in [3.8, 4) is 0 Å². The van der Waals surface area contributed by atoms with Gasteiger partial charge >= 0.3 is 0 Å². The highest BCUT2D eigenvalue weighted by atomic mass is 16.5. The SMILES string of the molecule is O=C(CCCC1CCCO1)c1ccc2c(c1)CCCN2. The lowest BCUT2D eigenvalue weighted by Crippen LogP contribution is -2.12. The number of carbonyl (C=O) groups excluding carboxylic acids is 1. The fourth-order valence-corrected chi connectivity index (χ4v) is 3.15. The van der Waals surface area contributed by atoms with Gasteiger partial charge in [0.2, 0.25) is 0 Å². The van der Waals surface area contributed by atoms with E-state index in [0.29, 0.717) is 12.5 Å². The molecule has 20 heavy (non-hydrogen) atoms. The van der Waals surface area contributed by atoms with Gasteiger partial charge in [0.25, 0.3) is 0 Å². The zero-order chi connectivity index (χ0) is 13.8. The fraction of sp³-hybridized carbons (Fsp3) is 0.588. The average molecular weight is 273 g/mol. The fourth-order valence-electron chi connectivity index (χ4n) is 3.15. The molecule has 2 heterocycles. The third-order valence-corrected chi connectivity index (χ3v) is 4.32. The van der Waals surface area contributed by atoms with Crippen molar-refractivity contribution in [3.63, 3.8) is 0 Å². The molecule has 3 rings (SSSR count). The average Bonchev–Trinajstić information content (AvgIpc) is 3.00. The van der Waals surface area contributed by atoms with Crippen LogP contribution in [0.15, 0.2) is 18.2 Å². The molecule has 1 N–H and O–H groups in total. The second kappa shape index (κ2) is 6.40. The molecule has 3 heteroatoms. The van der Waals surface area contributed by atoms with Crippen LogP contribution >= 0.6 is 0 Å². The standard InChI is InChI=1S/C17H23NO2/c19-17(7-1-5-15-6-3-11-20-15)14-8-9-16-13(12-14)4-2-10-18-16/h8-9,12,15,18H,1-7,10-11H2. The minimum absolute atomic E-state index is 0.274. The summed E-state index contributed by atoms with van der Waals surface area (Å²) in [6.45, 7) is 1.94. The summed E-state index contributed by atoms with van der Waals surface area (Å²) >= 11 is 0. The maximum absolute atomic E-state index is 12.2. The van der Waals surface area contributed by atoms with Gasteiger partial charge in [-0.05, 0) is 62.3 Å². The molecule has 1 fully saturated rings. The minimum Gasteiger partial charge on any atom is -0.385 e. The van der Waals surface area contributed by atoms with E-state index in [1.54, 1.807) is 0 Å². The van der Waals surface area contributed by atoms with E-state index < -0.39 is 0 Å². The van der Waals surface area contributed by atoms with Crippen molar-refractivity contribution in [3.05, 3.63) is 29.3 Å². The molecule has 0 aliphatic carbocycles. The highest BCUT2D eigenvalue weighted by molar-refractivity contribution is 5.96. The Kier molecular flexibility index (Phi) is 4.36. The summed E-state index contributed by atoms with van der Waals surface area (Å²) < 4.78 is 5.60. The highest BCUT2D eigenvalue weighted by Gasteiger charge is 2.16. The van der Waals surface area contributed by atoms with Gasteiger partial charge < -0.3 is 10.1 Å². The van der Waals surface area contributed by atoms with Crippen LogP contribution in [-0.2, 0) is 11.2 Å². The van der Waals surface area contributed by atoms with Gasteiger partial charge in [0.15, 0.2) is 5.78 Å². The van der Waals surface area contributed by atoms with Crippen LogP contribution in [0.25, 0.3) is 0 Å². The van der Waals surface area contributed by atoms with Gasteiger partial charge in [-0.3, -0.25) is 4.79 Å². The van der Waals surface area contributed by atoms with Gasteiger partial charge in [-0.1, -0.05) is 0 Å². The molecule has 1 aromatic carbocycles. The summed E-state index contributed by atoms with van der Waals surface area (Å²) in [6, 6.07) is 6.10. The molecule has 3 nitrogen and oxygen atoms in total. The van der Waals surface area contributed by atoms with Crippen molar-refractivity contribution in [2.75, 3.05) is 18.5 Å². The molecule has 0 saturated carbocycles. The third kappa shape index (κ3) is 3.21. The lowest BCUT2D eigenvalue weighted by atomic mass is 9.97. The van der Waals surface area contributed by atoms with E-state index in [-0.39, 0.29) is 5.78 Å². The van der Waals surface area contributed by atoms with E-state index in [1.165, 1.54) is 24.1 Å². The smallest absolute Gasteiger partial charge is 0.162 e. The number of anilines is 1. The van der Waals surface area contributed by atoms with Crippen LogP contribution in [0.3, 0.4) is 0 Å². The number of ether oxygens (including phenoxy) is 1. The number of benzene rings is 1. The second-order valence-corrected chi connectivity index (χ2v) is 5.85. The number of hydrogen-bond acceptors (Lipinski definition) is 3. The molecule has 0 spiro atoms. The van der Waals surface area contributed by atoms with Crippen molar-refractivity contribution in [2.24, 2.45) is 0 Å². The third-order valence-electron chi connectivity index (χ3n) is 4.32. The summed E-state index contributed by atoms with van der Waals surface area (Å²) in [5.74, 6) is 0.274. The predicted molar refractivity (Wildman–Crippen MR) is 80.4 cm³/mol. The summed E-state index contributed by atoms with van der Waals surface area (Å²) in [5, 5.41) is 3.38. The van der Waals surface area contributed by atoms with Crippen LogP contribution in [0.4, 0.5) is 5.69 Å². The van der Waals surface area contributed by atoms with Gasteiger partial charge in [-0.25, -0.2) is 0 Å². The van der Waals surface area contributed by atoms with Crippen LogP contribution in [0.5, 0.6) is 0 Å². The Morgan fingerprint density at radius 2 is 2.30 bits per heavy atom. The van der Waals surface area contributed by atoms with Gasteiger partial charge in [0.1, 0.15) is 0 Å².